The van der Waals surface area contributed by atoms with Gasteiger partial charge < -0.3 is 0 Å². The van der Waals surface area contributed by atoms with Gasteiger partial charge in [-0.3, -0.25) is 9.71 Å². The highest BCUT2D eigenvalue weighted by Crippen LogP contribution is 2.42. The van der Waals surface area contributed by atoms with Crippen LogP contribution in [-0.4, -0.2) is 28.4 Å². The fraction of sp³-hybridized carbons (Fsp3) is 0.111. The second-order valence-corrected chi connectivity index (χ2v) is 11.1. The molecule has 0 unspecified atom stereocenters. The molecule has 1 N–H and O–H groups in total. The Morgan fingerprint density at radius 1 is 0.974 bits per heavy atom. The van der Waals surface area contributed by atoms with E-state index in [4.69, 9.17) is 0 Å². The van der Waals surface area contributed by atoms with Gasteiger partial charge >= 0.3 is 0 Å². The van der Waals surface area contributed by atoms with Crippen molar-refractivity contribution < 1.29 is 21.6 Å². The van der Waals surface area contributed by atoms with E-state index in [1.54, 1.807) is 24.7 Å². The monoisotopic (exact) mass is 567 g/mol. The summed E-state index contributed by atoms with van der Waals surface area (Å²) in [6, 6.07) is 10.2. The number of anilines is 1. The van der Waals surface area contributed by atoms with Crippen LogP contribution in [0.2, 0.25) is 0 Å². The van der Waals surface area contributed by atoms with Crippen LogP contribution < -0.4 is 4.72 Å². The molecule has 5 rings (SSSR count). The molecule has 39 heavy (non-hydrogen) atoms. The van der Waals surface area contributed by atoms with Gasteiger partial charge in [-0.05, 0) is 48.9 Å². The van der Waals surface area contributed by atoms with Crippen molar-refractivity contribution in [3.8, 4) is 32.4 Å². The van der Waals surface area contributed by atoms with Crippen LogP contribution in [-0.2, 0) is 16.4 Å². The van der Waals surface area contributed by atoms with Gasteiger partial charge in [-0.1, -0.05) is 19.1 Å². The lowest BCUT2D eigenvalue weighted by molar-refractivity contribution is 0.521. The minimum atomic E-state index is -4.80. The van der Waals surface area contributed by atoms with Gasteiger partial charge in [0.05, 0.1) is 22.0 Å². The SMILES string of the molecule is CCc1nccc(-c2sc(-c3cncc(C)c3)nc2-c2cccc(NS(=O)(=O)c3c(F)cccc3F)c2F)n1. The van der Waals surface area contributed by atoms with Gasteiger partial charge in [-0.25, -0.2) is 36.5 Å². The van der Waals surface area contributed by atoms with E-state index in [9.17, 15) is 17.2 Å². The Labute approximate surface area is 226 Å². The molecule has 0 aliphatic rings. The molecule has 0 spiro atoms. The zero-order chi connectivity index (χ0) is 27.7. The molecule has 12 heteroatoms. The Bertz CT molecular complexity index is 1790. The second-order valence-electron chi connectivity index (χ2n) is 8.48. The number of aryl methyl sites for hydroxylation is 2. The average molecular weight is 568 g/mol. The van der Waals surface area contributed by atoms with Gasteiger partial charge in [0.15, 0.2) is 10.7 Å². The van der Waals surface area contributed by atoms with Crippen LogP contribution >= 0.6 is 11.3 Å². The maximum absolute atomic E-state index is 15.9. The predicted octanol–water partition coefficient (Wildman–Crippen LogP) is 6.42. The third kappa shape index (κ3) is 5.25. The maximum Gasteiger partial charge on any atom is 0.267 e. The first-order valence-corrected chi connectivity index (χ1v) is 14.0. The van der Waals surface area contributed by atoms with E-state index in [0.29, 0.717) is 33.4 Å². The predicted molar refractivity (Wildman–Crippen MR) is 143 cm³/mol. The van der Waals surface area contributed by atoms with Crippen molar-refractivity contribution in [1.82, 2.24) is 19.9 Å². The number of nitrogens with zero attached hydrogens (tertiary/aromatic N) is 4. The fourth-order valence-electron chi connectivity index (χ4n) is 3.90. The third-order valence-electron chi connectivity index (χ3n) is 5.69. The highest BCUT2D eigenvalue weighted by molar-refractivity contribution is 7.92. The minimum Gasteiger partial charge on any atom is -0.276 e. The molecule has 0 amide bonds. The van der Waals surface area contributed by atoms with Crippen LogP contribution in [0, 0.1) is 24.4 Å². The van der Waals surface area contributed by atoms with E-state index in [0.717, 1.165) is 29.8 Å². The molecule has 2 aromatic carbocycles. The molecule has 0 radical (unpaired) electrons. The summed E-state index contributed by atoms with van der Waals surface area (Å²) in [5, 5.41) is 0.548. The number of sulfonamides is 1. The lowest BCUT2D eigenvalue weighted by Crippen LogP contribution is -2.17. The van der Waals surface area contributed by atoms with Crippen LogP contribution in [0.3, 0.4) is 0 Å². The molecule has 0 bridgehead atoms. The van der Waals surface area contributed by atoms with Crippen molar-refractivity contribution in [2.45, 2.75) is 25.2 Å². The molecule has 0 fully saturated rings. The number of thiazole rings is 1. The van der Waals surface area contributed by atoms with Gasteiger partial charge in [0.1, 0.15) is 22.5 Å². The number of aromatic nitrogens is 4. The number of pyridine rings is 1. The summed E-state index contributed by atoms with van der Waals surface area (Å²) in [4.78, 5) is 17.0. The van der Waals surface area contributed by atoms with Crippen molar-refractivity contribution in [1.29, 1.82) is 0 Å². The third-order valence-corrected chi connectivity index (χ3v) is 8.23. The lowest BCUT2D eigenvalue weighted by atomic mass is 10.1. The molecule has 0 saturated heterocycles. The number of hydrogen-bond donors (Lipinski definition) is 1. The number of benzene rings is 2. The largest absolute Gasteiger partial charge is 0.276 e. The average Bonchev–Trinajstić information content (AvgIpc) is 3.35. The summed E-state index contributed by atoms with van der Waals surface area (Å²) >= 11 is 1.27. The van der Waals surface area contributed by atoms with E-state index in [1.165, 1.54) is 23.5 Å². The first kappa shape index (κ1) is 26.4. The van der Waals surface area contributed by atoms with Crippen LogP contribution in [0.15, 0.2) is 72.0 Å². The first-order valence-electron chi connectivity index (χ1n) is 11.7. The highest BCUT2D eigenvalue weighted by atomic mass is 32.2. The topological polar surface area (TPSA) is 97.7 Å². The second kappa shape index (κ2) is 10.5. The van der Waals surface area contributed by atoms with Crippen LogP contribution in [0.5, 0.6) is 0 Å². The molecule has 0 aliphatic heterocycles. The number of nitrogens with one attached hydrogen (secondary N) is 1. The zero-order valence-corrected chi connectivity index (χ0v) is 22.2. The van der Waals surface area contributed by atoms with E-state index in [2.05, 4.69) is 19.9 Å². The van der Waals surface area contributed by atoms with Gasteiger partial charge in [0.25, 0.3) is 10.0 Å². The summed E-state index contributed by atoms with van der Waals surface area (Å²) in [6.07, 6.45) is 5.52. The Hall–Kier alpha value is -4.16. The van der Waals surface area contributed by atoms with E-state index >= 15 is 4.39 Å². The zero-order valence-electron chi connectivity index (χ0n) is 20.6. The Morgan fingerprint density at radius 2 is 1.72 bits per heavy atom. The first-order chi connectivity index (χ1) is 18.7. The number of halogens is 3. The molecule has 198 valence electrons. The Kier molecular flexibility index (Phi) is 7.15. The van der Waals surface area contributed by atoms with E-state index in [1.807, 2.05) is 24.6 Å². The highest BCUT2D eigenvalue weighted by Gasteiger charge is 2.27. The van der Waals surface area contributed by atoms with Crippen LogP contribution in [0.25, 0.3) is 32.4 Å². The normalized spacial score (nSPS) is 11.5. The van der Waals surface area contributed by atoms with Crippen molar-refractivity contribution in [3.05, 3.63) is 96.0 Å². The molecule has 5 aromatic rings. The molecule has 7 nitrogen and oxygen atoms in total. The summed E-state index contributed by atoms with van der Waals surface area (Å²) < 4.78 is 72.0. The summed E-state index contributed by atoms with van der Waals surface area (Å²) in [6.45, 7) is 3.79. The molecule has 3 heterocycles. The number of hydrogen-bond acceptors (Lipinski definition) is 7. The van der Waals surface area contributed by atoms with Crippen molar-refractivity contribution in [2.24, 2.45) is 0 Å². The standard InChI is InChI=1S/C27H20F3N5O2S2/c1-3-22-32-11-10-21(33-22)25-24(34-27(38-25)16-12-15(2)13-31-14-16)17-6-4-9-20(23(17)30)35-39(36,37)26-18(28)7-5-8-19(26)29/h4-14,35H,3H2,1-2H3. The summed E-state index contributed by atoms with van der Waals surface area (Å²) in [7, 11) is -4.80. The Morgan fingerprint density at radius 3 is 2.44 bits per heavy atom. The van der Waals surface area contributed by atoms with Gasteiger partial charge in [0.2, 0.25) is 0 Å². The van der Waals surface area contributed by atoms with Crippen molar-refractivity contribution in [3.63, 3.8) is 0 Å². The van der Waals surface area contributed by atoms with Gasteiger partial charge in [0, 0.05) is 36.1 Å². The van der Waals surface area contributed by atoms with Crippen molar-refractivity contribution >= 4 is 27.0 Å². The smallest absolute Gasteiger partial charge is 0.267 e. The molecule has 0 aliphatic carbocycles. The molecule has 0 atom stereocenters. The lowest BCUT2D eigenvalue weighted by Gasteiger charge is -2.12. The minimum absolute atomic E-state index is 0.0287. The molecular weight excluding hydrogens is 547 g/mol. The molecular formula is C27H20F3N5O2S2. The molecule has 3 aromatic heterocycles. The van der Waals surface area contributed by atoms with Crippen LogP contribution in [0.4, 0.5) is 18.9 Å². The quantitative estimate of drug-likeness (QED) is 0.244. The summed E-state index contributed by atoms with van der Waals surface area (Å²) in [5.74, 6) is -2.98. The van der Waals surface area contributed by atoms with E-state index < -0.39 is 38.1 Å². The maximum atomic E-state index is 15.9. The molecule has 0 saturated carbocycles. The summed E-state index contributed by atoms with van der Waals surface area (Å²) in [5.41, 5.74) is 1.82. The number of rotatable bonds is 7. The van der Waals surface area contributed by atoms with Crippen LogP contribution in [0.1, 0.15) is 18.3 Å². The van der Waals surface area contributed by atoms with Gasteiger partial charge in [-0.2, -0.15) is 0 Å². The fourth-order valence-corrected chi connectivity index (χ4v) is 6.13. The Balaban J connectivity index is 1.65. The van der Waals surface area contributed by atoms with E-state index in [-0.39, 0.29) is 11.3 Å². The van der Waals surface area contributed by atoms with Gasteiger partial charge in [-0.15, -0.1) is 11.3 Å². The van der Waals surface area contributed by atoms with Crippen molar-refractivity contribution in [2.75, 3.05) is 4.72 Å².